The lowest BCUT2D eigenvalue weighted by atomic mass is 9.88. The molecule has 1 aromatic heterocycles. The Morgan fingerprint density at radius 2 is 1.53 bits per heavy atom. The van der Waals surface area contributed by atoms with Gasteiger partial charge in [-0.2, -0.15) is 4.57 Å². The molecular formula is C39H39N2S4+. The van der Waals surface area contributed by atoms with Crippen LogP contribution in [0.3, 0.4) is 0 Å². The molecule has 0 atom stereocenters. The molecule has 45 heavy (non-hydrogen) atoms. The highest BCUT2D eigenvalue weighted by Gasteiger charge is 2.27. The maximum atomic E-state index is 2.50. The predicted molar refractivity (Wildman–Crippen MR) is 203 cm³/mol. The molecule has 228 valence electrons. The summed E-state index contributed by atoms with van der Waals surface area (Å²) in [5, 5.41) is 8.06. The lowest BCUT2D eigenvalue weighted by Crippen LogP contribution is -2.33. The van der Waals surface area contributed by atoms with E-state index in [0.717, 1.165) is 25.9 Å². The third-order valence-corrected chi connectivity index (χ3v) is 12.9. The zero-order valence-electron chi connectivity index (χ0n) is 26.6. The van der Waals surface area contributed by atoms with E-state index in [9.17, 15) is 0 Å². The minimum atomic E-state index is 0.959. The van der Waals surface area contributed by atoms with Crippen molar-refractivity contribution in [1.82, 2.24) is 0 Å². The highest BCUT2D eigenvalue weighted by molar-refractivity contribution is 8.04. The second-order valence-corrected chi connectivity index (χ2v) is 15.3. The Kier molecular flexibility index (Phi) is 8.93. The van der Waals surface area contributed by atoms with Crippen molar-refractivity contribution < 1.29 is 4.57 Å². The Labute approximate surface area is 284 Å². The van der Waals surface area contributed by atoms with Gasteiger partial charge in [-0.3, -0.25) is 0 Å². The van der Waals surface area contributed by atoms with Crippen molar-refractivity contribution in [2.75, 3.05) is 24.0 Å². The van der Waals surface area contributed by atoms with Crippen molar-refractivity contribution in [2.24, 2.45) is 0 Å². The largest absolute Gasteiger partial charge is 0.335 e. The number of thiazole rings is 1. The van der Waals surface area contributed by atoms with Crippen LogP contribution in [0.4, 0.5) is 5.69 Å². The predicted octanol–water partition coefficient (Wildman–Crippen LogP) is 11.9. The maximum Gasteiger partial charge on any atom is 0.262 e. The van der Waals surface area contributed by atoms with Gasteiger partial charge in [-0.15, -0.1) is 23.5 Å². The zero-order valence-corrected chi connectivity index (χ0v) is 29.9. The first-order chi connectivity index (χ1) is 22.1. The number of anilines is 1. The highest BCUT2D eigenvalue weighted by Crippen LogP contribution is 2.51. The molecule has 1 aliphatic heterocycles. The second kappa shape index (κ2) is 13.1. The smallest absolute Gasteiger partial charge is 0.262 e. The van der Waals surface area contributed by atoms with Gasteiger partial charge in [0.25, 0.3) is 5.01 Å². The molecule has 0 radical (unpaired) electrons. The number of nitrogens with zero attached hydrogens (tertiary/aromatic N) is 2. The van der Waals surface area contributed by atoms with Crippen LogP contribution in [0, 0.1) is 0 Å². The Balaban J connectivity index is 1.22. The Morgan fingerprint density at radius 3 is 2.24 bits per heavy atom. The first-order valence-electron chi connectivity index (χ1n) is 15.8. The summed E-state index contributed by atoms with van der Waals surface area (Å²) in [5.74, 6) is 0. The van der Waals surface area contributed by atoms with E-state index in [-0.39, 0.29) is 0 Å². The Morgan fingerprint density at radius 1 is 0.844 bits per heavy atom. The molecule has 0 spiro atoms. The number of allylic oxidation sites excluding steroid dienone is 6. The molecule has 0 N–H and O–H groups in total. The summed E-state index contributed by atoms with van der Waals surface area (Å²) in [7, 11) is 0. The van der Waals surface area contributed by atoms with Crippen LogP contribution in [-0.2, 0) is 6.54 Å². The number of thioether (sulfide) groups is 3. The average molecular weight is 664 g/mol. The van der Waals surface area contributed by atoms with Crippen molar-refractivity contribution in [1.29, 1.82) is 0 Å². The fraction of sp³-hybridized carbons (Fsp3) is 0.256. The minimum absolute atomic E-state index is 0.959. The van der Waals surface area contributed by atoms with E-state index in [4.69, 9.17) is 0 Å². The molecule has 2 aliphatic rings. The summed E-state index contributed by atoms with van der Waals surface area (Å²) < 4.78 is 3.87. The van der Waals surface area contributed by atoms with Gasteiger partial charge >= 0.3 is 0 Å². The zero-order chi connectivity index (χ0) is 31.1. The van der Waals surface area contributed by atoms with Crippen LogP contribution in [0.15, 0.2) is 115 Å². The van der Waals surface area contributed by atoms with Gasteiger partial charge in [0.1, 0.15) is 11.2 Å². The van der Waals surface area contributed by atoms with Crippen molar-refractivity contribution in [3.63, 3.8) is 0 Å². The number of hydrogen-bond donors (Lipinski definition) is 0. The Hall–Kier alpha value is -2.90. The van der Waals surface area contributed by atoms with Crippen LogP contribution in [0.25, 0.3) is 37.8 Å². The van der Waals surface area contributed by atoms with Gasteiger partial charge in [0.15, 0.2) is 0 Å². The summed E-state index contributed by atoms with van der Waals surface area (Å²) in [5.41, 5.74) is 7.10. The van der Waals surface area contributed by atoms with Crippen molar-refractivity contribution >= 4 is 90.1 Å². The van der Waals surface area contributed by atoms with Gasteiger partial charge in [-0.25, -0.2) is 0 Å². The normalized spacial score (nSPS) is 17.3. The molecule has 7 rings (SSSR count). The van der Waals surface area contributed by atoms with E-state index in [1.165, 1.54) is 85.3 Å². The van der Waals surface area contributed by atoms with Crippen LogP contribution in [0.5, 0.6) is 0 Å². The molecule has 5 aromatic rings. The standard InChI is InChI=1S/C39H39N2S4/c1-6-40-36(44-34-23-32(42-4)28-15-8-10-17-30(28)38(34)40)21-19-26-13-12-14-27(25(26)3)20-22-37-41(7-2)39-31-18-11-9-16-29(31)33(43-5)24-35(39)45-37/h8-11,15-24H,6-7,12-14H2,1-5H3/q+1. The van der Waals surface area contributed by atoms with E-state index in [2.05, 4.69) is 128 Å². The average Bonchev–Trinajstić information content (AvgIpc) is 3.63. The molecule has 0 unspecified atom stereocenters. The van der Waals surface area contributed by atoms with Gasteiger partial charge in [0.2, 0.25) is 5.52 Å². The third kappa shape index (κ3) is 5.48. The van der Waals surface area contributed by atoms with Gasteiger partial charge in [-0.1, -0.05) is 77.7 Å². The summed E-state index contributed by atoms with van der Waals surface area (Å²) in [4.78, 5) is 6.59. The number of aromatic nitrogens is 1. The van der Waals surface area contributed by atoms with E-state index < -0.39 is 0 Å². The molecule has 2 nitrogen and oxygen atoms in total. The second-order valence-electron chi connectivity index (χ2n) is 11.5. The molecule has 0 bridgehead atoms. The molecular weight excluding hydrogens is 625 g/mol. The molecule has 4 aromatic carbocycles. The summed E-state index contributed by atoms with van der Waals surface area (Å²) in [6, 6.07) is 22.5. The molecule has 2 heterocycles. The van der Waals surface area contributed by atoms with Gasteiger partial charge in [-0.05, 0) is 98.9 Å². The quantitative estimate of drug-likeness (QED) is 0.126. The first kappa shape index (κ1) is 30.7. The number of fused-ring (bicyclic) bond motifs is 6. The molecule has 6 heteroatoms. The molecule has 1 aliphatic carbocycles. The molecule has 0 saturated heterocycles. The lowest BCUT2D eigenvalue weighted by molar-refractivity contribution is -0.664. The fourth-order valence-electron chi connectivity index (χ4n) is 6.90. The maximum absolute atomic E-state index is 2.50. The van der Waals surface area contributed by atoms with Crippen LogP contribution in [0.1, 0.15) is 45.0 Å². The number of benzene rings is 4. The highest BCUT2D eigenvalue weighted by atomic mass is 32.2. The van der Waals surface area contributed by atoms with Crippen LogP contribution < -0.4 is 9.47 Å². The number of hydrogen-bond acceptors (Lipinski definition) is 5. The van der Waals surface area contributed by atoms with Gasteiger partial charge in [0.05, 0.1) is 16.1 Å². The van der Waals surface area contributed by atoms with Crippen molar-refractivity contribution in [2.45, 2.75) is 61.3 Å². The summed E-state index contributed by atoms with van der Waals surface area (Å²) in [6.45, 7) is 8.78. The van der Waals surface area contributed by atoms with Gasteiger partial charge in [0, 0.05) is 38.1 Å². The monoisotopic (exact) mass is 663 g/mol. The molecule has 0 saturated carbocycles. The SMILES string of the molecule is CCN1/C(=C/C=C2\CCCC(/C=C/c3sc4cc(SC)c5ccccc5c4[n+]3CC)=C2C)Sc2cc(SC)c3ccccc3c21. The lowest BCUT2D eigenvalue weighted by Gasteiger charge is -2.21. The van der Waals surface area contributed by atoms with Gasteiger partial charge < -0.3 is 4.90 Å². The fourth-order valence-corrected chi connectivity index (χ4v) is 10.7. The third-order valence-electron chi connectivity index (χ3n) is 9.17. The molecule has 0 amide bonds. The van der Waals surface area contributed by atoms with Crippen LogP contribution in [0.2, 0.25) is 0 Å². The molecule has 0 fully saturated rings. The minimum Gasteiger partial charge on any atom is -0.335 e. The van der Waals surface area contributed by atoms with Crippen molar-refractivity contribution in [3.8, 4) is 0 Å². The van der Waals surface area contributed by atoms with E-state index in [1.54, 1.807) is 0 Å². The summed E-state index contributed by atoms with van der Waals surface area (Å²) >= 11 is 7.52. The topological polar surface area (TPSA) is 7.12 Å². The van der Waals surface area contributed by atoms with Crippen LogP contribution >= 0.6 is 46.6 Å². The first-order valence-corrected chi connectivity index (χ1v) is 19.9. The number of rotatable bonds is 7. The summed E-state index contributed by atoms with van der Waals surface area (Å²) in [6.07, 6.45) is 17.4. The van der Waals surface area contributed by atoms with E-state index in [0.29, 0.717) is 0 Å². The van der Waals surface area contributed by atoms with Crippen molar-refractivity contribution in [3.05, 3.63) is 106 Å². The Bertz CT molecular complexity index is 2080. The number of aryl methyl sites for hydroxylation is 1. The van der Waals surface area contributed by atoms with Crippen LogP contribution in [-0.4, -0.2) is 19.1 Å². The van der Waals surface area contributed by atoms with E-state index >= 15 is 0 Å². The van der Waals surface area contributed by atoms with E-state index in [1.807, 2.05) is 46.6 Å².